The van der Waals surface area contributed by atoms with Crippen molar-refractivity contribution in [3.05, 3.63) is 6.61 Å². The van der Waals surface area contributed by atoms with Crippen LogP contribution in [0.5, 0.6) is 0 Å². The zero-order valence-corrected chi connectivity index (χ0v) is 11.4. The molecule has 0 amide bonds. The van der Waals surface area contributed by atoms with E-state index >= 15 is 0 Å². The van der Waals surface area contributed by atoms with Crippen LogP contribution in [0.2, 0.25) is 0 Å². The molecular formula is C12H21O9. The van der Waals surface area contributed by atoms with Gasteiger partial charge in [-0.25, -0.2) is 0 Å². The van der Waals surface area contributed by atoms with Crippen molar-refractivity contribution in [3.63, 3.8) is 0 Å². The predicted octanol–water partition coefficient (Wildman–Crippen LogP) is -3.53. The van der Waals surface area contributed by atoms with E-state index in [1.54, 1.807) is 0 Å². The molecule has 0 aromatic heterocycles. The van der Waals surface area contributed by atoms with E-state index in [2.05, 4.69) is 0 Å². The van der Waals surface area contributed by atoms with Gasteiger partial charge in [-0.05, 0) is 6.92 Å². The zero-order chi connectivity index (χ0) is 15.7. The molecule has 0 aliphatic carbocycles. The van der Waals surface area contributed by atoms with Crippen molar-refractivity contribution in [1.29, 1.82) is 0 Å². The fraction of sp³-hybridized carbons (Fsp3) is 0.917. The Morgan fingerprint density at radius 3 is 2.29 bits per heavy atom. The summed E-state index contributed by atoms with van der Waals surface area (Å²) in [5.74, 6) is 0. The summed E-state index contributed by atoms with van der Waals surface area (Å²) >= 11 is 0. The van der Waals surface area contributed by atoms with Crippen LogP contribution in [0.15, 0.2) is 0 Å². The maximum atomic E-state index is 9.96. The van der Waals surface area contributed by atoms with Crippen molar-refractivity contribution in [2.24, 2.45) is 0 Å². The van der Waals surface area contributed by atoms with Gasteiger partial charge in [-0.3, -0.25) is 0 Å². The van der Waals surface area contributed by atoms with Crippen LogP contribution in [-0.2, 0) is 14.2 Å². The Morgan fingerprint density at radius 2 is 1.67 bits per heavy atom. The molecule has 2 fully saturated rings. The van der Waals surface area contributed by atoms with Crippen molar-refractivity contribution >= 4 is 0 Å². The third-order valence-corrected chi connectivity index (χ3v) is 3.73. The number of rotatable bonds is 3. The predicted molar refractivity (Wildman–Crippen MR) is 65.5 cm³/mol. The van der Waals surface area contributed by atoms with E-state index in [1.807, 2.05) is 0 Å². The van der Waals surface area contributed by atoms with E-state index < -0.39 is 61.7 Å². The summed E-state index contributed by atoms with van der Waals surface area (Å²) in [5.41, 5.74) is 0. The fourth-order valence-corrected chi connectivity index (χ4v) is 2.35. The minimum atomic E-state index is -1.55. The molecule has 21 heavy (non-hydrogen) atoms. The maximum Gasteiger partial charge on any atom is 0.187 e. The highest BCUT2D eigenvalue weighted by molar-refractivity contribution is 4.95. The fourth-order valence-electron chi connectivity index (χ4n) is 2.35. The monoisotopic (exact) mass is 309 g/mol. The lowest BCUT2D eigenvalue weighted by Crippen LogP contribution is -2.61. The molecule has 0 aromatic rings. The quantitative estimate of drug-likeness (QED) is 0.312. The number of hydrogen-bond donors (Lipinski definition) is 6. The normalized spacial score (nSPS) is 51.9. The van der Waals surface area contributed by atoms with E-state index in [0.29, 0.717) is 0 Å². The lowest BCUT2D eigenvalue weighted by atomic mass is 9.98. The molecule has 123 valence electrons. The standard InChI is InChI=1S/C12H21O9/c1-4-7(15)9(17)10(18)12(20-4)21-11-5(14)3-19-6(2-13)8(11)16/h3-18H,2H2,1H3/t4-,5+,6-,7-,8-,9+,10+,11-,12?/m1/s1. The van der Waals surface area contributed by atoms with E-state index in [9.17, 15) is 25.5 Å². The van der Waals surface area contributed by atoms with Crippen molar-refractivity contribution < 1.29 is 44.8 Å². The average Bonchev–Trinajstić information content (AvgIpc) is 2.46. The average molecular weight is 309 g/mol. The number of ether oxygens (including phenoxy) is 3. The summed E-state index contributed by atoms with van der Waals surface area (Å²) in [5, 5.41) is 57.9. The molecular weight excluding hydrogens is 288 g/mol. The minimum Gasteiger partial charge on any atom is -0.394 e. The Kier molecular flexibility index (Phi) is 5.52. The SMILES string of the molecule is C[C@H]1OC(O[C@H]2[C@H](O)[C@@H](CO)O[CH][C@@H]2O)[C@@H](O)[C@@H](O)[C@@H]1O. The number of aliphatic hydroxyl groups excluding tert-OH is 6. The lowest BCUT2D eigenvalue weighted by molar-refractivity contribution is -0.326. The highest BCUT2D eigenvalue weighted by atomic mass is 16.7. The maximum absolute atomic E-state index is 9.96. The van der Waals surface area contributed by atoms with Crippen LogP contribution in [0.25, 0.3) is 0 Å². The smallest absolute Gasteiger partial charge is 0.187 e. The van der Waals surface area contributed by atoms with Gasteiger partial charge in [-0.15, -0.1) is 0 Å². The Bertz CT molecular complexity index is 341. The highest BCUT2D eigenvalue weighted by Crippen LogP contribution is 2.27. The van der Waals surface area contributed by atoms with Crippen LogP contribution in [-0.4, -0.2) is 92.4 Å². The van der Waals surface area contributed by atoms with Crippen LogP contribution in [0, 0.1) is 6.61 Å². The van der Waals surface area contributed by atoms with E-state index in [-0.39, 0.29) is 0 Å². The summed E-state index contributed by atoms with van der Waals surface area (Å²) in [6, 6.07) is 0. The molecule has 9 atom stereocenters. The third kappa shape index (κ3) is 3.36. The third-order valence-electron chi connectivity index (χ3n) is 3.73. The Labute approximate surface area is 121 Å². The highest BCUT2D eigenvalue weighted by Gasteiger charge is 2.47. The van der Waals surface area contributed by atoms with Gasteiger partial charge in [0.2, 0.25) is 0 Å². The molecule has 1 unspecified atom stereocenters. The number of aliphatic hydroxyl groups is 6. The van der Waals surface area contributed by atoms with Gasteiger partial charge in [0.1, 0.15) is 49.3 Å². The molecule has 6 N–H and O–H groups in total. The van der Waals surface area contributed by atoms with Crippen molar-refractivity contribution in [3.8, 4) is 0 Å². The Morgan fingerprint density at radius 1 is 1.00 bits per heavy atom. The summed E-state index contributed by atoms with van der Waals surface area (Å²) in [6.45, 7) is 1.99. The van der Waals surface area contributed by atoms with Crippen molar-refractivity contribution in [1.82, 2.24) is 0 Å². The minimum absolute atomic E-state index is 0.490. The van der Waals surface area contributed by atoms with Crippen LogP contribution in [0.1, 0.15) is 6.92 Å². The van der Waals surface area contributed by atoms with Crippen LogP contribution >= 0.6 is 0 Å². The van der Waals surface area contributed by atoms with E-state index in [1.165, 1.54) is 6.92 Å². The van der Waals surface area contributed by atoms with E-state index in [0.717, 1.165) is 6.61 Å². The molecule has 1 radical (unpaired) electrons. The topological polar surface area (TPSA) is 149 Å². The molecule has 2 saturated heterocycles. The molecule has 0 spiro atoms. The van der Waals surface area contributed by atoms with Crippen molar-refractivity contribution in [2.75, 3.05) is 6.61 Å². The summed E-state index contributed by atoms with van der Waals surface area (Å²) < 4.78 is 15.5. The van der Waals surface area contributed by atoms with Gasteiger partial charge < -0.3 is 44.8 Å². The second-order valence-corrected chi connectivity index (χ2v) is 5.26. The first kappa shape index (κ1) is 17.0. The van der Waals surface area contributed by atoms with E-state index in [4.69, 9.17) is 19.3 Å². The van der Waals surface area contributed by atoms with Crippen LogP contribution in [0.3, 0.4) is 0 Å². The molecule has 9 nitrogen and oxygen atoms in total. The van der Waals surface area contributed by atoms with Gasteiger partial charge in [-0.2, -0.15) is 0 Å². The largest absolute Gasteiger partial charge is 0.394 e. The first-order chi connectivity index (χ1) is 9.86. The molecule has 2 rings (SSSR count). The van der Waals surface area contributed by atoms with Gasteiger partial charge in [0, 0.05) is 0 Å². The van der Waals surface area contributed by atoms with Crippen LogP contribution in [0.4, 0.5) is 0 Å². The summed E-state index contributed by atoms with van der Waals surface area (Å²) in [7, 11) is 0. The molecule has 0 bridgehead atoms. The Hall–Kier alpha value is -0.360. The Balaban J connectivity index is 2.05. The molecule has 2 heterocycles. The summed E-state index contributed by atoms with van der Waals surface area (Å²) in [6.07, 6.45) is -11.3. The number of hydrogen-bond acceptors (Lipinski definition) is 9. The lowest BCUT2D eigenvalue weighted by Gasteiger charge is -2.43. The van der Waals surface area contributed by atoms with Gasteiger partial charge in [-0.1, -0.05) is 0 Å². The van der Waals surface area contributed by atoms with Crippen LogP contribution < -0.4 is 0 Å². The molecule has 0 saturated carbocycles. The second kappa shape index (κ2) is 6.82. The molecule has 0 aromatic carbocycles. The van der Waals surface area contributed by atoms with Crippen molar-refractivity contribution in [2.45, 2.75) is 62.0 Å². The first-order valence-electron chi connectivity index (χ1n) is 6.67. The molecule has 2 aliphatic heterocycles. The van der Waals surface area contributed by atoms with Gasteiger partial charge in [0.25, 0.3) is 0 Å². The van der Waals surface area contributed by atoms with Gasteiger partial charge in [0.05, 0.1) is 12.7 Å². The van der Waals surface area contributed by atoms with Gasteiger partial charge >= 0.3 is 0 Å². The second-order valence-electron chi connectivity index (χ2n) is 5.26. The summed E-state index contributed by atoms with van der Waals surface area (Å²) in [4.78, 5) is 0. The first-order valence-corrected chi connectivity index (χ1v) is 6.67. The molecule has 9 heteroatoms. The van der Waals surface area contributed by atoms with Gasteiger partial charge in [0.15, 0.2) is 6.29 Å². The molecule has 2 aliphatic rings. The zero-order valence-electron chi connectivity index (χ0n) is 11.4.